The maximum Gasteiger partial charge on any atom is 0.405 e. The predicted molar refractivity (Wildman–Crippen MR) is 66.0 cm³/mol. The lowest BCUT2D eigenvalue weighted by atomic mass is 10.2. The van der Waals surface area contributed by atoms with Gasteiger partial charge in [0.1, 0.15) is 6.04 Å². The van der Waals surface area contributed by atoms with Crippen molar-refractivity contribution in [2.24, 2.45) is 0 Å². The van der Waals surface area contributed by atoms with Crippen LogP contribution in [0, 0.1) is 11.6 Å². The van der Waals surface area contributed by atoms with Crippen LogP contribution in [0.25, 0.3) is 0 Å². The maximum absolute atomic E-state index is 13.7. The van der Waals surface area contributed by atoms with Crippen LogP contribution in [0.2, 0.25) is 0 Å². The second-order valence-electron chi connectivity index (χ2n) is 3.98. The Morgan fingerprint density at radius 3 is 2.74 bits per heavy atom. The van der Waals surface area contributed by atoms with E-state index in [1.807, 2.05) is 5.32 Å². The van der Waals surface area contributed by atoms with E-state index >= 15 is 0 Å². The summed E-state index contributed by atoms with van der Waals surface area (Å²) in [5, 5.41) is 10.6. The van der Waals surface area contributed by atoms with E-state index in [0.29, 0.717) is 0 Å². The zero-order valence-electron chi connectivity index (χ0n) is 9.49. The lowest BCUT2D eigenvalue weighted by molar-refractivity contribution is -0.118. The Balaban J connectivity index is 2.27. The van der Waals surface area contributed by atoms with Gasteiger partial charge in [-0.05, 0) is 34.5 Å². The summed E-state index contributed by atoms with van der Waals surface area (Å²) in [4.78, 5) is 23.4. The highest BCUT2D eigenvalue weighted by molar-refractivity contribution is 9.10. The van der Waals surface area contributed by atoms with Gasteiger partial charge in [-0.3, -0.25) is 4.79 Å². The van der Waals surface area contributed by atoms with Crippen LogP contribution in [-0.4, -0.2) is 29.7 Å². The summed E-state index contributed by atoms with van der Waals surface area (Å²) in [6.07, 6.45) is -1.12. The van der Waals surface area contributed by atoms with Crippen molar-refractivity contribution >= 4 is 33.6 Å². The molecule has 2 amide bonds. The van der Waals surface area contributed by atoms with Crippen LogP contribution in [0.4, 0.5) is 19.3 Å². The van der Waals surface area contributed by atoms with E-state index < -0.39 is 29.7 Å². The summed E-state index contributed by atoms with van der Waals surface area (Å²) in [7, 11) is 0. The average molecular weight is 335 g/mol. The van der Waals surface area contributed by atoms with Gasteiger partial charge in [-0.15, -0.1) is 0 Å². The summed E-state index contributed by atoms with van der Waals surface area (Å²) in [5.41, 5.74) is -0.194. The molecular weight excluding hydrogens is 326 g/mol. The minimum absolute atomic E-state index is 0.0411. The summed E-state index contributed by atoms with van der Waals surface area (Å²) >= 11 is 2.84. The second-order valence-corrected chi connectivity index (χ2v) is 4.83. The Labute approximate surface area is 115 Å². The smallest absolute Gasteiger partial charge is 0.405 e. The first-order valence-corrected chi connectivity index (χ1v) is 6.15. The first-order valence-electron chi connectivity index (χ1n) is 5.36. The molecular formula is C11H9BrF2N2O3. The largest absolute Gasteiger partial charge is 0.465 e. The number of benzene rings is 1. The fourth-order valence-corrected chi connectivity index (χ4v) is 2.23. The fourth-order valence-electron chi connectivity index (χ4n) is 1.93. The van der Waals surface area contributed by atoms with Crippen molar-refractivity contribution in [3.63, 3.8) is 0 Å². The summed E-state index contributed by atoms with van der Waals surface area (Å²) < 4.78 is 27.1. The van der Waals surface area contributed by atoms with Crippen LogP contribution in [-0.2, 0) is 4.79 Å². The molecule has 1 fully saturated rings. The first kappa shape index (κ1) is 13.7. The molecule has 0 bridgehead atoms. The molecule has 2 N–H and O–H groups in total. The van der Waals surface area contributed by atoms with Gasteiger partial charge < -0.3 is 15.3 Å². The minimum Gasteiger partial charge on any atom is -0.465 e. The van der Waals surface area contributed by atoms with Gasteiger partial charge in [0.2, 0.25) is 5.91 Å². The van der Waals surface area contributed by atoms with Crippen LogP contribution in [0.15, 0.2) is 16.6 Å². The third kappa shape index (κ3) is 2.53. The molecule has 0 saturated carbocycles. The molecule has 8 heteroatoms. The third-order valence-corrected chi connectivity index (χ3v) is 3.42. The number of rotatable bonds is 2. The van der Waals surface area contributed by atoms with Crippen molar-refractivity contribution in [2.75, 3.05) is 11.4 Å². The zero-order chi connectivity index (χ0) is 14.2. The summed E-state index contributed by atoms with van der Waals surface area (Å²) in [5.74, 6) is -2.82. The van der Waals surface area contributed by atoms with Crippen molar-refractivity contribution in [3.05, 3.63) is 28.2 Å². The quantitative estimate of drug-likeness (QED) is 0.814. The lowest BCUT2D eigenvalue weighted by Gasteiger charge is -2.18. The molecule has 0 spiro atoms. The molecule has 1 atom stereocenters. The molecule has 1 unspecified atom stereocenters. The van der Waals surface area contributed by atoms with Gasteiger partial charge in [-0.2, -0.15) is 0 Å². The van der Waals surface area contributed by atoms with Gasteiger partial charge in [-0.25, -0.2) is 13.6 Å². The van der Waals surface area contributed by atoms with E-state index in [2.05, 4.69) is 15.9 Å². The number of halogens is 3. The van der Waals surface area contributed by atoms with E-state index in [-0.39, 0.29) is 23.1 Å². The number of carbonyl (C=O) groups is 2. The molecule has 1 saturated heterocycles. The molecule has 5 nitrogen and oxygen atoms in total. The third-order valence-electron chi connectivity index (χ3n) is 2.81. The van der Waals surface area contributed by atoms with Gasteiger partial charge >= 0.3 is 6.09 Å². The zero-order valence-corrected chi connectivity index (χ0v) is 11.1. The number of hydrogen-bond donors (Lipinski definition) is 2. The monoisotopic (exact) mass is 334 g/mol. The van der Waals surface area contributed by atoms with Crippen molar-refractivity contribution < 1.29 is 23.5 Å². The van der Waals surface area contributed by atoms with Crippen LogP contribution in [0.3, 0.4) is 0 Å². The summed E-state index contributed by atoms with van der Waals surface area (Å²) in [6, 6.07) is 1.63. The Hall–Kier alpha value is -1.70. The molecule has 0 radical (unpaired) electrons. The number of hydrogen-bond acceptors (Lipinski definition) is 2. The average Bonchev–Trinajstić information content (AvgIpc) is 2.68. The summed E-state index contributed by atoms with van der Waals surface area (Å²) in [6.45, 7) is 0.127. The molecule has 0 aromatic heterocycles. The van der Waals surface area contributed by atoms with Crippen LogP contribution >= 0.6 is 15.9 Å². The molecule has 19 heavy (non-hydrogen) atoms. The van der Waals surface area contributed by atoms with Crippen molar-refractivity contribution in [1.29, 1.82) is 0 Å². The van der Waals surface area contributed by atoms with Crippen molar-refractivity contribution in [2.45, 2.75) is 12.5 Å². The number of carboxylic acid groups (broad SMARTS) is 1. The van der Waals surface area contributed by atoms with Gasteiger partial charge in [0.05, 0.1) is 10.2 Å². The van der Waals surface area contributed by atoms with Crippen LogP contribution in [0.5, 0.6) is 0 Å². The van der Waals surface area contributed by atoms with Crippen molar-refractivity contribution in [3.8, 4) is 0 Å². The highest BCUT2D eigenvalue weighted by atomic mass is 79.9. The normalized spacial score (nSPS) is 18.8. The molecule has 1 aromatic carbocycles. The minimum atomic E-state index is -1.33. The molecule has 2 rings (SSSR count). The van der Waals surface area contributed by atoms with Crippen molar-refractivity contribution in [1.82, 2.24) is 5.32 Å². The number of nitrogens with one attached hydrogen (secondary N) is 1. The Kier molecular flexibility index (Phi) is 3.70. The van der Waals surface area contributed by atoms with Crippen LogP contribution in [0.1, 0.15) is 6.42 Å². The standard InChI is InChI=1S/C11H9BrF2N2O3/c12-5-1-2-7(9(14)8(5)13)16-4-3-6(10(16)17)15-11(18)19/h1-2,6,15H,3-4H2,(H,18,19). The molecule has 1 aliphatic rings. The van der Waals surface area contributed by atoms with Crippen LogP contribution < -0.4 is 10.2 Å². The predicted octanol–water partition coefficient (Wildman–Crippen LogP) is 2.10. The highest BCUT2D eigenvalue weighted by Crippen LogP contribution is 2.29. The molecule has 0 aliphatic carbocycles. The Bertz CT molecular complexity index is 553. The van der Waals surface area contributed by atoms with E-state index in [1.54, 1.807) is 0 Å². The molecule has 1 heterocycles. The lowest BCUT2D eigenvalue weighted by Crippen LogP contribution is -2.41. The molecule has 1 aromatic rings. The topological polar surface area (TPSA) is 69.6 Å². The van der Waals surface area contributed by atoms with E-state index in [9.17, 15) is 18.4 Å². The maximum atomic E-state index is 13.7. The number of anilines is 1. The van der Waals surface area contributed by atoms with E-state index in [4.69, 9.17) is 5.11 Å². The Morgan fingerprint density at radius 2 is 2.11 bits per heavy atom. The highest BCUT2D eigenvalue weighted by Gasteiger charge is 2.35. The van der Waals surface area contributed by atoms with Gasteiger partial charge in [0, 0.05) is 6.54 Å². The number of amides is 2. The van der Waals surface area contributed by atoms with Gasteiger partial charge in [0.15, 0.2) is 11.6 Å². The SMILES string of the molecule is O=C(O)NC1CCN(c2ccc(Br)c(F)c2F)C1=O. The first-order chi connectivity index (χ1) is 8.91. The Morgan fingerprint density at radius 1 is 1.42 bits per heavy atom. The molecule has 102 valence electrons. The fraction of sp³-hybridized carbons (Fsp3) is 0.273. The number of carbonyl (C=O) groups excluding carboxylic acids is 1. The van der Waals surface area contributed by atoms with E-state index in [0.717, 1.165) is 4.90 Å². The van der Waals surface area contributed by atoms with E-state index in [1.165, 1.54) is 12.1 Å². The molecule has 1 aliphatic heterocycles. The van der Waals surface area contributed by atoms with Gasteiger partial charge in [-0.1, -0.05) is 0 Å². The van der Waals surface area contributed by atoms with Gasteiger partial charge in [0.25, 0.3) is 0 Å². The number of nitrogens with zero attached hydrogens (tertiary/aromatic N) is 1. The second kappa shape index (κ2) is 5.12.